The fourth-order valence-corrected chi connectivity index (χ4v) is 1.43. The van der Waals surface area contributed by atoms with Crippen LogP contribution in [0.4, 0.5) is 0 Å². The van der Waals surface area contributed by atoms with E-state index in [1.165, 1.54) is 0 Å². The van der Waals surface area contributed by atoms with Crippen LogP contribution < -0.4 is 0 Å². The summed E-state index contributed by atoms with van der Waals surface area (Å²) < 4.78 is 0. The molecule has 0 saturated heterocycles. The molecule has 0 fully saturated rings. The summed E-state index contributed by atoms with van der Waals surface area (Å²) in [6, 6.07) is 11.5. The van der Waals surface area contributed by atoms with Crippen LogP contribution in [0.3, 0.4) is 0 Å². The summed E-state index contributed by atoms with van der Waals surface area (Å²) >= 11 is 0. The van der Waals surface area contributed by atoms with Gasteiger partial charge in [0.15, 0.2) is 5.82 Å². The highest BCUT2D eigenvalue weighted by Gasteiger charge is 2.03. The van der Waals surface area contributed by atoms with Gasteiger partial charge in [-0.1, -0.05) is 30.3 Å². The third-order valence-electron chi connectivity index (χ3n) is 2.10. The Morgan fingerprint density at radius 3 is 2.53 bits per heavy atom. The lowest BCUT2D eigenvalue weighted by Gasteiger charge is -2.03. The molecule has 1 aromatic heterocycles. The van der Waals surface area contributed by atoms with E-state index in [0.29, 0.717) is 11.5 Å². The van der Waals surface area contributed by atoms with Crippen LogP contribution in [0.15, 0.2) is 36.4 Å². The molecule has 0 aliphatic carbocycles. The Labute approximate surface area is 88.5 Å². The average Bonchev–Trinajstić information content (AvgIpc) is 2.29. The smallest absolute Gasteiger partial charge is 0.159 e. The third-order valence-corrected chi connectivity index (χ3v) is 2.10. The number of aryl methyl sites for hydroxylation is 1. The lowest BCUT2D eigenvalue weighted by Crippen LogP contribution is -1.97. The molecule has 1 N–H and O–H groups in total. The van der Waals surface area contributed by atoms with Gasteiger partial charge in [-0.25, -0.2) is 9.97 Å². The normalized spacial score (nSPS) is 10.3. The largest absolute Gasteiger partial charge is 0.390 e. The second-order valence-corrected chi connectivity index (χ2v) is 3.35. The van der Waals surface area contributed by atoms with Gasteiger partial charge < -0.3 is 5.11 Å². The SMILES string of the molecule is Cc1cc(CO)nc(-c2ccccc2)n1. The molecule has 0 amide bonds. The molecule has 2 aromatic rings. The summed E-state index contributed by atoms with van der Waals surface area (Å²) in [5.41, 5.74) is 2.49. The quantitative estimate of drug-likeness (QED) is 0.805. The van der Waals surface area contributed by atoms with Crippen molar-refractivity contribution >= 4 is 0 Å². The molecule has 0 radical (unpaired) electrons. The fraction of sp³-hybridized carbons (Fsp3) is 0.167. The van der Waals surface area contributed by atoms with Crippen LogP contribution in [0.1, 0.15) is 11.4 Å². The summed E-state index contributed by atoms with van der Waals surface area (Å²) in [4.78, 5) is 8.59. The van der Waals surface area contributed by atoms with Gasteiger partial charge in [0.2, 0.25) is 0 Å². The average molecular weight is 200 g/mol. The van der Waals surface area contributed by atoms with Gasteiger partial charge in [0, 0.05) is 11.3 Å². The zero-order valence-corrected chi connectivity index (χ0v) is 8.51. The first-order chi connectivity index (χ1) is 7.29. The summed E-state index contributed by atoms with van der Waals surface area (Å²) in [6.45, 7) is 1.84. The van der Waals surface area contributed by atoms with E-state index >= 15 is 0 Å². The molecule has 0 unspecified atom stereocenters. The molecule has 15 heavy (non-hydrogen) atoms. The Bertz CT molecular complexity index is 454. The standard InChI is InChI=1S/C12H12N2O/c1-9-7-11(8-15)14-12(13-9)10-5-3-2-4-6-10/h2-7,15H,8H2,1H3. The van der Waals surface area contributed by atoms with Gasteiger partial charge in [-0.2, -0.15) is 0 Å². The number of hydrogen-bond donors (Lipinski definition) is 1. The molecular formula is C12H12N2O. The Morgan fingerprint density at radius 2 is 1.87 bits per heavy atom. The van der Waals surface area contributed by atoms with Gasteiger partial charge in [0.05, 0.1) is 12.3 Å². The first-order valence-electron chi connectivity index (χ1n) is 4.80. The van der Waals surface area contributed by atoms with Crippen molar-refractivity contribution in [2.45, 2.75) is 13.5 Å². The number of rotatable bonds is 2. The van der Waals surface area contributed by atoms with Crippen LogP contribution >= 0.6 is 0 Å². The molecule has 0 saturated carbocycles. The number of aliphatic hydroxyl groups is 1. The third kappa shape index (κ3) is 2.19. The lowest BCUT2D eigenvalue weighted by molar-refractivity contribution is 0.276. The Morgan fingerprint density at radius 1 is 1.13 bits per heavy atom. The molecule has 3 heteroatoms. The van der Waals surface area contributed by atoms with E-state index in [4.69, 9.17) is 5.11 Å². The number of aromatic nitrogens is 2. The maximum absolute atomic E-state index is 9.04. The molecule has 3 nitrogen and oxygen atoms in total. The molecule has 1 aromatic carbocycles. The maximum atomic E-state index is 9.04. The molecule has 1 heterocycles. The minimum Gasteiger partial charge on any atom is -0.390 e. The van der Waals surface area contributed by atoms with Crippen LogP contribution in [0.25, 0.3) is 11.4 Å². The van der Waals surface area contributed by atoms with Crippen molar-refractivity contribution in [2.24, 2.45) is 0 Å². The van der Waals surface area contributed by atoms with Crippen molar-refractivity contribution in [3.05, 3.63) is 47.8 Å². The number of hydrogen-bond acceptors (Lipinski definition) is 3. The van der Waals surface area contributed by atoms with E-state index < -0.39 is 0 Å². The molecule has 0 aliphatic rings. The second kappa shape index (κ2) is 4.19. The molecule has 0 spiro atoms. The molecule has 0 aliphatic heterocycles. The Hall–Kier alpha value is -1.74. The monoisotopic (exact) mass is 200 g/mol. The van der Waals surface area contributed by atoms with Crippen LogP contribution in [0.2, 0.25) is 0 Å². The van der Waals surface area contributed by atoms with Crippen molar-refractivity contribution in [1.29, 1.82) is 0 Å². The fourth-order valence-electron chi connectivity index (χ4n) is 1.43. The highest BCUT2D eigenvalue weighted by molar-refractivity contribution is 5.54. The topological polar surface area (TPSA) is 46.0 Å². The van der Waals surface area contributed by atoms with Crippen molar-refractivity contribution in [3.63, 3.8) is 0 Å². The van der Waals surface area contributed by atoms with Crippen LogP contribution in [-0.2, 0) is 6.61 Å². The van der Waals surface area contributed by atoms with Crippen molar-refractivity contribution in [3.8, 4) is 11.4 Å². The Balaban J connectivity index is 2.49. The van der Waals surface area contributed by atoms with E-state index in [9.17, 15) is 0 Å². The number of aliphatic hydroxyl groups excluding tert-OH is 1. The highest BCUT2D eigenvalue weighted by atomic mass is 16.3. The summed E-state index contributed by atoms with van der Waals surface area (Å²) in [6.07, 6.45) is 0. The van der Waals surface area contributed by atoms with Gasteiger partial charge in [-0.05, 0) is 13.0 Å². The van der Waals surface area contributed by atoms with Gasteiger partial charge in [-0.3, -0.25) is 0 Å². The van der Waals surface area contributed by atoms with E-state index in [1.54, 1.807) is 6.07 Å². The lowest BCUT2D eigenvalue weighted by atomic mass is 10.2. The van der Waals surface area contributed by atoms with Gasteiger partial charge in [0.25, 0.3) is 0 Å². The molecule has 0 bridgehead atoms. The number of benzene rings is 1. The van der Waals surface area contributed by atoms with Crippen molar-refractivity contribution < 1.29 is 5.11 Å². The van der Waals surface area contributed by atoms with Crippen LogP contribution in [0.5, 0.6) is 0 Å². The van der Waals surface area contributed by atoms with E-state index in [-0.39, 0.29) is 6.61 Å². The molecular weight excluding hydrogens is 188 g/mol. The molecule has 2 rings (SSSR count). The Kier molecular flexibility index (Phi) is 2.74. The first kappa shape index (κ1) is 9.80. The van der Waals surface area contributed by atoms with Crippen molar-refractivity contribution in [1.82, 2.24) is 9.97 Å². The van der Waals surface area contributed by atoms with Crippen molar-refractivity contribution in [2.75, 3.05) is 0 Å². The predicted octanol–water partition coefficient (Wildman–Crippen LogP) is 1.94. The van der Waals surface area contributed by atoms with Gasteiger partial charge in [0.1, 0.15) is 0 Å². The van der Waals surface area contributed by atoms with Crippen LogP contribution in [0, 0.1) is 6.92 Å². The van der Waals surface area contributed by atoms with E-state index in [1.807, 2.05) is 37.3 Å². The molecule has 0 atom stereocenters. The van der Waals surface area contributed by atoms with E-state index in [0.717, 1.165) is 11.3 Å². The van der Waals surface area contributed by atoms with E-state index in [2.05, 4.69) is 9.97 Å². The summed E-state index contributed by atoms with van der Waals surface area (Å²) in [5.74, 6) is 0.666. The maximum Gasteiger partial charge on any atom is 0.159 e. The minimum atomic E-state index is -0.0524. The first-order valence-corrected chi connectivity index (χ1v) is 4.80. The zero-order valence-electron chi connectivity index (χ0n) is 8.51. The summed E-state index contributed by atoms with van der Waals surface area (Å²) in [7, 11) is 0. The zero-order chi connectivity index (χ0) is 10.7. The van der Waals surface area contributed by atoms with Crippen LogP contribution in [-0.4, -0.2) is 15.1 Å². The molecule has 76 valence electrons. The summed E-state index contributed by atoms with van der Waals surface area (Å²) in [5, 5.41) is 9.04. The predicted molar refractivity (Wildman–Crippen MR) is 58.1 cm³/mol. The second-order valence-electron chi connectivity index (χ2n) is 3.35. The minimum absolute atomic E-state index is 0.0524. The van der Waals surface area contributed by atoms with Gasteiger partial charge in [-0.15, -0.1) is 0 Å². The van der Waals surface area contributed by atoms with Gasteiger partial charge >= 0.3 is 0 Å². The highest BCUT2D eigenvalue weighted by Crippen LogP contribution is 2.15. The number of nitrogens with zero attached hydrogens (tertiary/aromatic N) is 2.